The van der Waals surface area contributed by atoms with E-state index in [1.165, 1.54) is 5.56 Å². The van der Waals surface area contributed by atoms with Crippen molar-refractivity contribution in [1.82, 2.24) is 4.90 Å². The van der Waals surface area contributed by atoms with Gasteiger partial charge in [0.15, 0.2) is 0 Å². The van der Waals surface area contributed by atoms with Crippen molar-refractivity contribution in [2.45, 2.75) is 46.5 Å². The van der Waals surface area contributed by atoms with Crippen molar-refractivity contribution < 1.29 is 9.00 Å². The molecular weight excluding hydrogens is 318 g/mol. The molecule has 1 aromatic carbocycles. The summed E-state index contributed by atoms with van der Waals surface area (Å²) < 4.78 is 11.8. The summed E-state index contributed by atoms with van der Waals surface area (Å²) in [6.07, 6.45) is 3.41. The molecule has 1 amide bonds. The Kier molecular flexibility index (Phi) is 6.79. The van der Waals surface area contributed by atoms with E-state index in [1.807, 2.05) is 23.1 Å². The summed E-state index contributed by atoms with van der Waals surface area (Å²) in [6, 6.07) is 10.3. The van der Waals surface area contributed by atoms with E-state index in [1.54, 1.807) is 5.41 Å². The van der Waals surface area contributed by atoms with E-state index in [2.05, 4.69) is 32.9 Å². The molecule has 0 spiro atoms. The first-order chi connectivity index (χ1) is 11.3. The van der Waals surface area contributed by atoms with Crippen molar-refractivity contribution in [1.29, 1.82) is 0 Å². The third-order valence-corrected chi connectivity index (χ3v) is 5.51. The summed E-state index contributed by atoms with van der Waals surface area (Å²) in [5, 5.41) is 1.68. The molecule has 3 nitrogen and oxygen atoms in total. The fourth-order valence-electron chi connectivity index (χ4n) is 2.74. The van der Waals surface area contributed by atoms with E-state index in [0.29, 0.717) is 12.3 Å². The Morgan fingerprint density at radius 3 is 2.50 bits per heavy atom. The first kappa shape index (κ1) is 18.9. The number of carbonyl (C=O) groups is 1. The van der Waals surface area contributed by atoms with Gasteiger partial charge in [-0.25, -0.2) is 0 Å². The molecule has 0 bridgehead atoms. The van der Waals surface area contributed by atoms with Crippen LogP contribution in [-0.2, 0) is 22.0 Å². The molecule has 1 atom stereocenters. The van der Waals surface area contributed by atoms with Crippen LogP contribution in [0.15, 0.2) is 41.3 Å². The summed E-state index contributed by atoms with van der Waals surface area (Å²) in [5.74, 6) is 0.756. The number of carbonyl (C=O) groups excluding carboxylic acids is 1. The van der Waals surface area contributed by atoms with Crippen molar-refractivity contribution in [3.63, 3.8) is 0 Å². The zero-order chi connectivity index (χ0) is 17.6. The lowest BCUT2D eigenvalue weighted by atomic mass is 9.92. The van der Waals surface area contributed by atoms with Crippen LogP contribution in [-0.4, -0.2) is 33.9 Å². The van der Waals surface area contributed by atoms with Crippen LogP contribution in [0.25, 0.3) is 0 Å². The molecule has 1 aromatic rings. The quantitative estimate of drug-likeness (QED) is 0.782. The van der Waals surface area contributed by atoms with E-state index in [9.17, 15) is 9.00 Å². The first-order valence-corrected chi connectivity index (χ1v) is 10.1. The van der Waals surface area contributed by atoms with Crippen LogP contribution in [0.2, 0.25) is 0 Å². The Morgan fingerprint density at radius 2 is 1.88 bits per heavy atom. The van der Waals surface area contributed by atoms with Crippen LogP contribution in [0.1, 0.15) is 45.6 Å². The molecule has 0 aromatic heterocycles. The maximum atomic E-state index is 12.9. The van der Waals surface area contributed by atoms with Gasteiger partial charge in [0.25, 0.3) is 0 Å². The normalized spacial score (nSPS) is 18.1. The maximum absolute atomic E-state index is 12.9. The van der Waals surface area contributed by atoms with E-state index in [-0.39, 0.29) is 11.3 Å². The summed E-state index contributed by atoms with van der Waals surface area (Å²) in [6.45, 7) is 8.05. The Labute approximate surface area is 148 Å². The monoisotopic (exact) mass is 347 g/mol. The summed E-state index contributed by atoms with van der Waals surface area (Å²) >= 11 is 0. The highest BCUT2D eigenvalue weighted by Gasteiger charge is 2.23. The van der Waals surface area contributed by atoms with Gasteiger partial charge in [-0.1, -0.05) is 51.1 Å². The van der Waals surface area contributed by atoms with Crippen molar-refractivity contribution in [3.05, 3.63) is 46.9 Å². The lowest BCUT2D eigenvalue weighted by Gasteiger charge is -2.28. The number of benzene rings is 1. The molecular formula is C20H29NO2S. The van der Waals surface area contributed by atoms with E-state index in [0.717, 1.165) is 37.8 Å². The van der Waals surface area contributed by atoms with E-state index >= 15 is 0 Å². The molecule has 1 aliphatic rings. The van der Waals surface area contributed by atoms with Gasteiger partial charge in [0.2, 0.25) is 5.91 Å². The van der Waals surface area contributed by atoms with E-state index in [4.69, 9.17) is 0 Å². The molecule has 0 radical (unpaired) electrons. The molecule has 0 aliphatic carbocycles. The zero-order valence-electron chi connectivity index (χ0n) is 15.1. The topological polar surface area (TPSA) is 37.4 Å². The number of hydrogen-bond acceptors (Lipinski definition) is 2. The van der Waals surface area contributed by atoms with Crippen LogP contribution in [0.3, 0.4) is 0 Å². The zero-order valence-corrected chi connectivity index (χ0v) is 15.9. The van der Waals surface area contributed by atoms with Crippen molar-refractivity contribution >= 4 is 16.7 Å². The Hall–Kier alpha value is -1.42. The van der Waals surface area contributed by atoms with Crippen LogP contribution >= 0.6 is 0 Å². The number of hydrogen-bond donors (Lipinski definition) is 0. The first-order valence-electron chi connectivity index (χ1n) is 8.76. The number of rotatable bonds is 6. The lowest BCUT2D eigenvalue weighted by Crippen LogP contribution is -2.37. The molecule has 0 saturated heterocycles. The Bertz CT molecular complexity index is 602. The molecule has 24 heavy (non-hydrogen) atoms. The van der Waals surface area contributed by atoms with Crippen LogP contribution in [0.4, 0.5) is 0 Å². The highest BCUT2D eigenvalue weighted by atomic mass is 32.2. The van der Waals surface area contributed by atoms with Gasteiger partial charge in [0, 0.05) is 40.6 Å². The van der Waals surface area contributed by atoms with Crippen LogP contribution in [0, 0.1) is 5.41 Å². The summed E-state index contributed by atoms with van der Waals surface area (Å²) in [5.41, 5.74) is 2.17. The fourth-order valence-corrected chi connectivity index (χ4v) is 3.82. The second kappa shape index (κ2) is 8.61. The van der Waals surface area contributed by atoms with Gasteiger partial charge in [-0.05, 0) is 36.7 Å². The standard InChI is InChI=1S/C20H29NO2S/c1-20(2,3)12-14-21(13-11-17-8-5-4-6-9-17)19(22)18-10-7-15-24(23)16-18/h4-6,8-9,16H,7,10-15H2,1-3H3. The van der Waals surface area contributed by atoms with Crippen molar-refractivity contribution in [3.8, 4) is 0 Å². The molecule has 0 saturated carbocycles. The highest BCUT2D eigenvalue weighted by Crippen LogP contribution is 2.22. The third kappa shape index (κ3) is 6.23. The SMILES string of the molecule is CC(C)(C)CCN(CCc1ccccc1)C(=O)C1=CS(=O)CCC1. The molecule has 1 heterocycles. The van der Waals surface area contributed by atoms with Gasteiger partial charge in [-0.15, -0.1) is 0 Å². The molecule has 1 aliphatic heterocycles. The Balaban J connectivity index is 2.06. The average Bonchev–Trinajstić information content (AvgIpc) is 2.54. The fraction of sp³-hybridized carbons (Fsp3) is 0.550. The summed E-state index contributed by atoms with van der Waals surface area (Å²) in [7, 11) is -0.978. The van der Waals surface area contributed by atoms with Gasteiger partial charge >= 0.3 is 0 Å². The molecule has 132 valence electrons. The second-order valence-electron chi connectivity index (χ2n) is 7.67. The number of nitrogens with zero attached hydrogens (tertiary/aromatic N) is 1. The van der Waals surface area contributed by atoms with Crippen LogP contribution in [0.5, 0.6) is 0 Å². The molecule has 0 N–H and O–H groups in total. The molecule has 4 heteroatoms. The van der Waals surface area contributed by atoms with Crippen molar-refractivity contribution in [2.75, 3.05) is 18.8 Å². The largest absolute Gasteiger partial charge is 0.339 e. The van der Waals surface area contributed by atoms with Crippen LogP contribution < -0.4 is 0 Å². The predicted octanol–water partition coefficient (Wildman–Crippen LogP) is 3.92. The second-order valence-corrected chi connectivity index (χ2v) is 9.08. The molecule has 0 fully saturated rings. The highest BCUT2D eigenvalue weighted by molar-refractivity contribution is 7.88. The minimum Gasteiger partial charge on any atom is -0.339 e. The van der Waals surface area contributed by atoms with Gasteiger partial charge in [-0.2, -0.15) is 0 Å². The molecule has 2 rings (SSSR count). The lowest BCUT2D eigenvalue weighted by molar-refractivity contribution is -0.127. The Morgan fingerprint density at radius 1 is 1.17 bits per heavy atom. The summed E-state index contributed by atoms with van der Waals surface area (Å²) in [4.78, 5) is 14.9. The smallest absolute Gasteiger partial charge is 0.250 e. The maximum Gasteiger partial charge on any atom is 0.250 e. The third-order valence-electron chi connectivity index (χ3n) is 4.27. The minimum atomic E-state index is -0.978. The van der Waals surface area contributed by atoms with Crippen molar-refractivity contribution in [2.24, 2.45) is 5.41 Å². The van der Waals surface area contributed by atoms with Gasteiger partial charge in [0.05, 0.1) is 0 Å². The van der Waals surface area contributed by atoms with E-state index < -0.39 is 10.8 Å². The average molecular weight is 348 g/mol. The minimum absolute atomic E-state index is 0.0724. The molecule has 1 unspecified atom stereocenters. The predicted molar refractivity (Wildman–Crippen MR) is 101 cm³/mol. The van der Waals surface area contributed by atoms with Gasteiger partial charge in [0.1, 0.15) is 0 Å². The van der Waals surface area contributed by atoms with Gasteiger partial charge < -0.3 is 4.90 Å². The number of amides is 1. The van der Waals surface area contributed by atoms with Gasteiger partial charge in [-0.3, -0.25) is 9.00 Å².